The Bertz CT molecular complexity index is 856. The lowest BCUT2D eigenvalue weighted by molar-refractivity contribution is -0.127. The Morgan fingerprint density at radius 2 is 1.52 bits per heavy atom. The summed E-state index contributed by atoms with van der Waals surface area (Å²) < 4.78 is 26.5. The number of rotatable bonds is 4. The maximum absolute atomic E-state index is 12.4. The van der Waals surface area contributed by atoms with Crippen LogP contribution >= 0.6 is 0 Å². The van der Waals surface area contributed by atoms with Crippen molar-refractivity contribution in [1.29, 1.82) is 0 Å². The number of nitrogens with one attached hydrogen (secondary N) is 2. The van der Waals surface area contributed by atoms with Gasteiger partial charge in [0.2, 0.25) is 15.9 Å². The van der Waals surface area contributed by atoms with Crippen LogP contribution in [0.15, 0.2) is 6.07 Å². The van der Waals surface area contributed by atoms with Gasteiger partial charge in [-0.2, -0.15) is 0 Å². The van der Waals surface area contributed by atoms with E-state index in [4.69, 9.17) is 0 Å². The number of hydrogen-bond donors (Lipinski definition) is 2. The van der Waals surface area contributed by atoms with Gasteiger partial charge in [0.1, 0.15) is 5.75 Å². The molecule has 1 fully saturated rings. The molecule has 7 nitrogen and oxygen atoms in total. The molecule has 2 N–H and O–H groups in total. The molecule has 1 saturated heterocycles. The van der Waals surface area contributed by atoms with Gasteiger partial charge in [-0.05, 0) is 73.6 Å². The molecule has 0 radical (unpaired) electrons. The molecule has 0 bridgehead atoms. The lowest BCUT2D eigenvalue weighted by Crippen LogP contribution is -2.42. The molecule has 0 spiro atoms. The second-order valence-corrected chi connectivity index (χ2v) is 9.36. The van der Waals surface area contributed by atoms with Gasteiger partial charge in [-0.1, -0.05) is 6.07 Å². The first kappa shape index (κ1) is 18.3. The van der Waals surface area contributed by atoms with E-state index in [2.05, 4.69) is 11.4 Å². The zero-order valence-corrected chi connectivity index (χ0v) is 16.2. The van der Waals surface area contributed by atoms with E-state index in [-0.39, 0.29) is 0 Å². The average Bonchev–Trinajstić information content (AvgIpc) is 3.34. The molecule has 4 rings (SSSR count). The van der Waals surface area contributed by atoms with Gasteiger partial charge in [-0.3, -0.25) is 4.79 Å². The number of benzene rings is 1. The van der Waals surface area contributed by atoms with Gasteiger partial charge >= 0.3 is 6.03 Å². The highest BCUT2D eigenvalue weighted by molar-refractivity contribution is 7.90. The Hall–Kier alpha value is -2.09. The van der Waals surface area contributed by atoms with Crippen LogP contribution in [-0.2, 0) is 40.5 Å². The summed E-state index contributed by atoms with van der Waals surface area (Å²) in [6, 6.07) is 1.47. The first-order valence-electron chi connectivity index (χ1n) is 9.69. The van der Waals surface area contributed by atoms with E-state index in [0.29, 0.717) is 13.1 Å². The summed E-state index contributed by atoms with van der Waals surface area (Å²) in [6.07, 6.45) is 7.70. The molecule has 0 saturated carbocycles. The van der Waals surface area contributed by atoms with Crippen LogP contribution in [0.3, 0.4) is 0 Å². The number of carbonyl (C=O) groups excluding carboxylic acids is 2. The SMILES string of the molecule is O=C(Nc1c2c(cc3c1CCC3)CCC2)NS(=O)(=O)CC(=O)N1CCCC1. The van der Waals surface area contributed by atoms with E-state index in [1.165, 1.54) is 16.0 Å². The lowest BCUT2D eigenvalue weighted by Gasteiger charge is -2.17. The zero-order chi connectivity index (χ0) is 19.0. The molecular weight excluding hydrogens is 366 g/mol. The van der Waals surface area contributed by atoms with Gasteiger partial charge in [0.05, 0.1) is 0 Å². The third-order valence-corrected chi connectivity index (χ3v) is 6.86. The standard InChI is InChI=1S/C19H25N3O4S/c23-17(22-9-1-2-10-22)12-27(25,26)21-19(24)20-18-15-7-3-5-13(15)11-14-6-4-8-16(14)18/h11H,1-10,12H2,(H2,20,21,24). The van der Waals surface area contributed by atoms with Crippen LogP contribution in [0, 0.1) is 0 Å². The summed E-state index contributed by atoms with van der Waals surface area (Å²) in [7, 11) is -4.02. The molecule has 27 heavy (non-hydrogen) atoms. The third kappa shape index (κ3) is 3.81. The molecule has 0 atom stereocenters. The molecule has 0 unspecified atom stereocenters. The van der Waals surface area contributed by atoms with Crippen molar-refractivity contribution in [2.45, 2.75) is 51.4 Å². The second kappa shape index (κ2) is 7.14. The molecule has 1 aromatic carbocycles. The van der Waals surface area contributed by atoms with Crippen molar-refractivity contribution < 1.29 is 18.0 Å². The summed E-state index contributed by atoms with van der Waals surface area (Å²) in [5, 5.41) is 2.79. The third-order valence-electron chi connectivity index (χ3n) is 5.73. The average molecular weight is 391 g/mol. The van der Waals surface area contributed by atoms with Gasteiger partial charge in [0.15, 0.2) is 0 Å². The van der Waals surface area contributed by atoms with E-state index in [9.17, 15) is 18.0 Å². The number of nitrogens with zero attached hydrogens (tertiary/aromatic N) is 1. The molecule has 2 aliphatic carbocycles. The van der Waals surface area contributed by atoms with Crippen molar-refractivity contribution >= 4 is 27.6 Å². The van der Waals surface area contributed by atoms with Crippen LogP contribution in [0.2, 0.25) is 0 Å². The van der Waals surface area contributed by atoms with E-state index in [1.54, 1.807) is 0 Å². The normalized spacial score (nSPS) is 18.3. The number of likely N-dealkylation sites (tertiary alicyclic amines) is 1. The maximum atomic E-state index is 12.4. The molecule has 1 heterocycles. The molecular formula is C19H25N3O4S. The number of sulfonamides is 1. The Labute approximate surface area is 159 Å². The fourth-order valence-corrected chi connectivity index (χ4v) is 5.42. The highest BCUT2D eigenvalue weighted by atomic mass is 32.2. The van der Waals surface area contributed by atoms with E-state index in [1.807, 2.05) is 4.72 Å². The molecule has 3 amide bonds. The number of fused-ring (bicyclic) bond motifs is 2. The zero-order valence-electron chi connectivity index (χ0n) is 15.3. The van der Waals surface area contributed by atoms with Crippen molar-refractivity contribution in [3.05, 3.63) is 28.3 Å². The van der Waals surface area contributed by atoms with Crippen LogP contribution in [0.25, 0.3) is 0 Å². The summed E-state index contributed by atoms with van der Waals surface area (Å²) >= 11 is 0. The van der Waals surface area contributed by atoms with E-state index >= 15 is 0 Å². The Balaban J connectivity index is 1.46. The van der Waals surface area contributed by atoms with Gasteiger partial charge in [0, 0.05) is 18.8 Å². The Morgan fingerprint density at radius 1 is 0.926 bits per heavy atom. The highest BCUT2D eigenvalue weighted by Crippen LogP contribution is 2.38. The van der Waals surface area contributed by atoms with E-state index < -0.39 is 27.7 Å². The summed E-state index contributed by atoms with van der Waals surface area (Å²) in [4.78, 5) is 26.0. The lowest BCUT2D eigenvalue weighted by atomic mass is 9.99. The van der Waals surface area contributed by atoms with Gasteiger partial charge < -0.3 is 10.2 Å². The fourth-order valence-electron chi connectivity index (χ4n) is 4.50. The van der Waals surface area contributed by atoms with Gasteiger partial charge in [-0.15, -0.1) is 0 Å². The monoisotopic (exact) mass is 391 g/mol. The predicted molar refractivity (Wildman–Crippen MR) is 102 cm³/mol. The highest BCUT2D eigenvalue weighted by Gasteiger charge is 2.28. The minimum absolute atomic E-state index is 0.450. The molecule has 8 heteroatoms. The fraction of sp³-hybridized carbons (Fsp3) is 0.579. The number of urea groups is 1. The first-order valence-corrected chi connectivity index (χ1v) is 11.3. The summed E-state index contributed by atoms with van der Waals surface area (Å²) in [6.45, 7) is 1.17. The second-order valence-electron chi connectivity index (χ2n) is 7.64. The minimum atomic E-state index is -4.02. The molecule has 0 aromatic heterocycles. The molecule has 146 valence electrons. The van der Waals surface area contributed by atoms with Crippen molar-refractivity contribution in [3.63, 3.8) is 0 Å². The predicted octanol–water partition coefficient (Wildman–Crippen LogP) is 1.74. The van der Waals surface area contributed by atoms with Crippen LogP contribution in [-0.4, -0.2) is 44.1 Å². The maximum Gasteiger partial charge on any atom is 0.332 e. The van der Waals surface area contributed by atoms with Crippen LogP contribution in [0.5, 0.6) is 0 Å². The van der Waals surface area contributed by atoms with Crippen molar-refractivity contribution in [1.82, 2.24) is 9.62 Å². The number of amides is 3. The van der Waals surface area contributed by atoms with Crippen LogP contribution < -0.4 is 10.0 Å². The topological polar surface area (TPSA) is 95.6 Å². The summed E-state index contributed by atoms with van der Waals surface area (Å²) in [5.41, 5.74) is 5.58. The molecule has 1 aromatic rings. The van der Waals surface area contributed by atoms with E-state index in [0.717, 1.165) is 68.2 Å². The largest absolute Gasteiger partial charge is 0.342 e. The first-order chi connectivity index (χ1) is 12.9. The summed E-state index contributed by atoms with van der Waals surface area (Å²) in [5.74, 6) is -1.14. The number of anilines is 1. The Kier molecular flexibility index (Phi) is 4.84. The number of aryl methyl sites for hydroxylation is 2. The number of carbonyl (C=O) groups is 2. The van der Waals surface area contributed by atoms with Crippen LogP contribution in [0.4, 0.5) is 10.5 Å². The Morgan fingerprint density at radius 3 is 2.11 bits per heavy atom. The minimum Gasteiger partial charge on any atom is -0.342 e. The van der Waals surface area contributed by atoms with Crippen LogP contribution in [0.1, 0.15) is 47.9 Å². The smallest absolute Gasteiger partial charge is 0.332 e. The van der Waals surface area contributed by atoms with Crippen molar-refractivity contribution in [2.24, 2.45) is 0 Å². The van der Waals surface area contributed by atoms with Crippen molar-refractivity contribution in [3.8, 4) is 0 Å². The molecule has 3 aliphatic rings. The van der Waals surface area contributed by atoms with Gasteiger partial charge in [-0.25, -0.2) is 17.9 Å². The quantitative estimate of drug-likeness (QED) is 0.817. The number of hydrogen-bond acceptors (Lipinski definition) is 4. The van der Waals surface area contributed by atoms with Crippen molar-refractivity contribution in [2.75, 3.05) is 24.2 Å². The molecule has 1 aliphatic heterocycles. The van der Waals surface area contributed by atoms with Gasteiger partial charge in [0.25, 0.3) is 0 Å².